The number of amides is 4. The Labute approximate surface area is 445 Å². The highest BCUT2D eigenvalue weighted by molar-refractivity contribution is 7.13. The van der Waals surface area contributed by atoms with Crippen LogP contribution in [0.25, 0.3) is 16.1 Å². The molecule has 5 aromatic rings. The summed E-state index contributed by atoms with van der Waals surface area (Å²) in [5.41, 5.74) is 8.72. The highest BCUT2D eigenvalue weighted by atomic mass is 35.5. The van der Waals surface area contributed by atoms with Crippen molar-refractivity contribution in [3.05, 3.63) is 134 Å². The molecule has 4 amide bonds. The van der Waals surface area contributed by atoms with Crippen LogP contribution in [-0.4, -0.2) is 112 Å². The number of carbonyl (C=O) groups excluding carboxylic acids is 4. The van der Waals surface area contributed by atoms with Crippen LogP contribution in [0.4, 0.5) is 10.1 Å². The number of allylic oxidation sites excluding steroid dienone is 4. The van der Waals surface area contributed by atoms with E-state index in [1.54, 1.807) is 11.3 Å². The smallest absolute Gasteiger partial charge is 0.246 e. The number of fused-ring (bicyclic) bond motifs is 2. The zero-order valence-electron chi connectivity index (χ0n) is 43.3. The molecular formula is C56H64ClFN8O8S. The average molecular weight is 1060 g/mol. The van der Waals surface area contributed by atoms with E-state index in [0.717, 1.165) is 39.2 Å². The Morgan fingerprint density at radius 3 is 2.36 bits per heavy atom. The molecule has 1 aliphatic carbocycles. The van der Waals surface area contributed by atoms with E-state index < -0.39 is 47.3 Å². The van der Waals surface area contributed by atoms with Gasteiger partial charge in [-0.15, -0.1) is 21.5 Å². The summed E-state index contributed by atoms with van der Waals surface area (Å²) in [6, 6.07) is 19.0. The number of halogens is 2. The fourth-order valence-corrected chi connectivity index (χ4v) is 10.5. The number of aliphatic hydroxyl groups is 1. The Bertz CT molecular complexity index is 3020. The van der Waals surface area contributed by atoms with Crippen LogP contribution in [0.3, 0.4) is 0 Å². The minimum atomic E-state index is -0.998. The number of aliphatic hydroxyl groups excluding tert-OH is 1. The minimum Gasteiger partial charge on any atom is -0.488 e. The van der Waals surface area contributed by atoms with Crippen LogP contribution in [0.15, 0.2) is 99.9 Å². The highest BCUT2D eigenvalue weighted by Crippen LogP contribution is 2.42. The van der Waals surface area contributed by atoms with Gasteiger partial charge in [0.05, 0.1) is 24.8 Å². The molecule has 16 nitrogen and oxygen atoms in total. The van der Waals surface area contributed by atoms with E-state index in [-0.39, 0.29) is 76.5 Å². The molecule has 8 rings (SSSR count). The third-order valence-corrected chi connectivity index (χ3v) is 14.8. The van der Waals surface area contributed by atoms with E-state index >= 15 is 0 Å². The van der Waals surface area contributed by atoms with Crippen LogP contribution in [0.1, 0.15) is 94.7 Å². The molecule has 2 aliphatic heterocycles. The van der Waals surface area contributed by atoms with Crippen molar-refractivity contribution < 1.29 is 42.9 Å². The number of benzene rings is 3. The summed E-state index contributed by atoms with van der Waals surface area (Å²) in [6.45, 7) is 14.0. The quantitative estimate of drug-likeness (QED) is 0.0548. The largest absolute Gasteiger partial charge is 0.488 e. The van der Waals surface area contributed by atoms with Crippen LogP contribution < -0.4 is 20.7 Å². The number of hydrogen-bond donors (Lipinski definition) is 4. The fraction of sp³-hybridized carbons (Fsp3) is 0.411. The van der Waals surface area contributed by atoms with Gasteiger partial charge in [0.25, 0.3) is 0 Å². The van der Waals surface area contributed by atoms with Gasteiger partial charge in [-0.1, -0.05) is 74.3 Å². The number of carbonyl (C=O) groups is 4. The molecule has 0 saturated carbocycles. The number of ether oxygens (including phenoxy) is 3. The van der Waals surface area contributed by atoms with Crippen molar-refractivity contribution in [2.75, 3.05) is 44.9 Å². The third kappa shape index (κ3) is 13.1. The number of nitrogens with one attached hydrogen (secondary N) is 3. The standard InChI is InChI=1S/C56H64ClFN8O8S/c1-32-19-24-75-51(32)38-11-9-36(10-12-38)29-59-54(70)45-27-41(67)30-65(45)55(71)52(56(5,6)7)62-48(69)31-73-21-8-20-72-22-23-74-46-26-40(17-18-42(46)58)60-47(68)28-43-53-64-63-35(4)66(53)44-25-33(2)34(3)49(44)50(61-43)37-13-15-39(57)16-14-37/h9-19,24,26,41,43,45,52,67H,8,20-23,25,27-31H2,1-7H3,(H,59,70)(H,60,68)(H,62,69)/t41-,43?,45+,52-/m1/s1. The summed E-state index contributed by atoms with van der Waals surface area (Å²) in [5.74, 6) is -1.16. The second-order valence-corrected chi connectivity index (χ2v) is 21.6. The van der Waals surface area contributed by atoms with E-state index in [2.05, 4.69) is 58.4 Å². The Morgan fingerprint density at radius 1 is 0.907 bits per heavy atom. The van der Waals surface area contributed by atoms with Crippen molar-refractivity contribution in [1.82, 2.24) is 30.3 Å². The first-order valence-electron chi connectivity index (χ1n) is 25.1. The highest BCUT2D eigenvalue weighted by Gasteiger charge is 2.44. The molecule has 0 bridgehead atoms. The van der Waals surface area contributed by atoms with Gasteiger partial charge in [-0.2, -0.15) is 0 Å². The Balaban J connectivity index is 0.762. The predicted octanol–water partition coefficient (Wildman–Crippen LogP) is 8.55. The number of hydrogen-bond acceptors (Lipinski definition) is 12. The van der Waals surface area contributed by atoms with Gasteiger partial charge in [-0.25, -0.2) is 4.39 Å². The first-order chi connectivity index (χ1) is 35.9. The molecule has 4 heterocycles. The second-order valence-electron chi connectivity index (χ2n) is 20.2. The van der Waals surface area contributed by atoms with E-state index in [9.17, 15) is 28.7 Å². The first-order valence-corrected chi connectivity index (χ1v) is 26.3. The summed E-state index contributed by atoms with van der Waals surface area (Å²) < 4.78 is 33.9. The van der Waals surface area contributed by atoms with E-state index in [1.807, 2.05) is 80.8 Å². The van der Waals surface area contributed by atoms with Gasteiger partial charge >= 0.3 is 0 Å². The van der Waals surface area contributed by atoms with Gasteiger partial charge in [-0.05, 0) is 97.5 Å². The number of aromatic nitrogens is 3. The molecule has 3 aliphatic rings. The molecule has 3 aromatic carbocycles. The van der Waals surface area contributed by atoms with Crippen LogP contribution in [0.2, 0.25) is 5.02 Å². The summed E-state index contributed by atoms with van der Waals surface area (Å²) in [4.78, 5) is 62.0. The summed E-state index contributed by atoms with van der Waals surface area (Å²) in [6.07, 6.45) is 0.244. The number of rotatable bonds is 20. The number of β-amino-alcohol motifs (C(OH)–C–C–N with tert-alkyl or cyclic N) is 1. The maximum atomic E-state index is 14.9. The summed E-state index contributed by atoms with van der Waals surface area (Å²) in [5, 5.41) is 30.7. The molecule has 1 fully saturated rings. The SMILES string of the molecule is CC1=C(C)C2=C(C1)n1c(C)nnc1C(CC(=O)Nc1ccc(F)c(OCCOCCCOCC(=O)N[C@H](C(=O)N3C[C@H](O)C[C@H]3C(=O)NCc3ccc(-c4sccc4C)cc3)C(C)(C)C)c1)N=C2c1ccc(Cl)cc1. The molecule has 0 spiro atoms. The van der Waals surface area contributed by atoms with Gasteiger partial charge in [-0.3, -0.25) is 28.7 Å². The number of nitrogens with zero attached hydrogens (tertiary/aromatic N) is 5. The van der Waals surface area contributed by atoms with Crippen molar-refractivity contribution in [3.63, 3.8) is 0 Å². The number of thiophene rings is 1. The Morgan fingerprint density at radius 2 is 1.64 bits per heavy atom. The first kappa shape index (κ1) is 54.7. The van der Waals surface area contributed by atoms with Crippen molar-refractivity contribution >= 4 is 63.7 Å². The molecule has 1 saturated heterocycles. The molecule has 0 radical (unpaired) electrons. The van der Waals surface area contributed by atoms with Gasteiger partial charge in [0.1, 0.15) is 37.2 Å². The molecule has 2 aromatic heterocycles. The van der Waals surface area contributed by atoms with Gasteiger partial charge in [0.15, 0.2) is 17.4 Å². The van der Waals surface area contributed by atoms with Gasteiger partial charge in [0, 0.05) is 77.6 Å². The van der Waals surface area contributed by atoms with Crippen molar-refractivity contribution in [1.29, 1.82) is 0 Å². The van der Waals surface area contributed by atoms with Crippen molar-refractivity contribution in [2.24, 2.45) is 10.4 Å². The molecule has 4 N–H and O–H groups in total. The maximum absolute atomic E-state index is 14.9. The second kappa shape index (κ2) is 24.0. The number of aryl methyl sites for hydroxylation is 2. The van der Waals surface area contributed by atoms with Crippen LogP contribution in [-0.2, 0) is 35.2 Å². The van der Waals surface area contributed by atoms with Crippen LogP contribution in [0.5, 0.6) is 5.75 Å². The minimum absolute atomic E-state index is 0.0184. The predicted molar refractivity (Wildman–Crippen MR) is 287 cm³/mol. The maximum Gasteiger partial charge on any atom is 0.246 e. The van der Waals surface area contributed by atoms with Gasteiger partial charge < -0.3 is 40.2 Å². The van der Waals surface area contributed by atoms with Gasteiger partial charge in [0.2, 0.25) is 23.6 Å². The van der Waals surface area contributed by atoms with Crippen molar-refractivity contribution in [2.45, 2.75) is 105 Å². The van der Waals surface area contributed by atoms with Crippen molar-refractivity contribution in [3.8, 4) is 16.2 Å². The lowest BCUT2D eigenvalue weighted by atomic mass is 9.85. The molecule has 4 atom stereocenters. The monoisotopic (exact) mass is 1060 g/mol. The average Bonchev–Trinajstić information content (AvgIpc) is 4.14. The summed E-state index contributed by atoms with van der Waals surface area (Å²) >= 11 is 7.93. The molecular weight excluding hydrogens is 999 g/mol. The lowest BCUT2D eigenvalue weighted by molar-refractivity contribution is -0.144. The fourth-order valence-electron chi connectivity index (χ4n) is 9.47. The zero-order chi connectivity index (χ0) is 53.6. The lowest BCUT2D eigenvalue weighted by Gasteiger charge is -2.35. The van der Waals surface area contributed by atoms with Crippen LogP contribution in [0, 0.1) is 25.1 Å². The lowest BCUT2D eigenvalue weighted by Crippen LogP contribution is -2.58. The molecule has 19 heteroatoms. The normalized spacial score (nSPS) is 17.8. The topological polar surface area (TPSA) is 199 Å². The van der Waals surface area contributed by atoms with E-state index in [1.165, 1.54) is 39.1 Å². The number of aliphatic imine (C=N–C) groups is 1. The Kier molecular flexibility index (Phi) is 17.5. The molecule has 1 unspecified atom stereocenters. The Hall–Kier alpha value is -6.57. The summed E-state index contributed by atoms with van der Waals surface area (Å²) in [7, 11) is 0. The molecule has 396 valence electrons. The number of likely N-dealkylation sites (tertiary alicyclic amines) is 1. The zero-order valence-corrected chi connectivity index (χ0v) is 44.9. The van der Waals surface area contributed by atoms with E-state index in [4.69, 9.17) is 30.8 Å². The van der Waals surface area contributed by atoms with Crippen LogP contribution >= 0.6 is 22.9 Å². The van der Waals surface area contributed by atoms with E-state index in [0.29, 0.717) is 35.2 Å². The molecule has 75 heavy (non-hydrogen) atoms. The third-order valence-electron chi connectivity index (χ3n) is 13.5. The number of anilines is 1.